The number of thiophene rings is 1. The minimum atomic E-state index is 0.474. The van der Waals surface area contributed by atoms with Gasteiger partial charge in [0.2, 0.25) is 0 Å². The second-order valence-corrected chi connectivity index (χ2v) is 6.73. The number of hydrogen-bond donors (Lipinski definition) is 1. The van der Waals surface area contributed by atoms with Crippen LogP contribution in [0.3, 0.4) is 0 Å². The molecule has 0 fully saturated rings. The van der Waals surface area contributed by atoms with Crippen molar-refractivity contribution in [1.82, 2.24) is 10.2 Å². The third-order valence-electron chi connectivity index (χ3n) is 3.73. The van der Waals surface area contributed by atoms with Crippen LogP contribution in [0.15, 0.2) is 12.1 Å². The van der Waals surface area contributed by atoms with E-state index in [1.165, 1.54) is 42.2 Å². The summed E-state index contributed by atoms with van der Waals surface area (Å²) in [6.07, 6.45) is 2.54. The first-order valence-corrected chi connectivity index (χ1v) is 8.43. The van der Waals surface area contributed by atoms with Gasteiger partial charge in [0.25, 0.3) is 0 Å². The summed E-state index contributed by atoms with van der Waals surface area (Å²) >= 11 is 1.90. The minimum Gasteiger partial charge on any atom is -0.307 e. The lowest BCUT2D eigenvalue weighted by Crippen LogP contribution is -2.30. The fourth-order valence-electron chi connectivity index (χ4n) is 2.44. The summed E-state index contributed by atoms with van der Waals surface area (Å²) in [4.78, 5) is 5.35. The van der Waals surface area contributed by atoms with E-state index in [2.05, 4.69) is 57.0 Å². The molecule has 1 rings (SSSR count). The van der Waals surface area contributed by atoms with Gasteiger partial charge < -0.3 is 10.2 Å². The molecule has 1 aromatic rings. The molecule has 0 aliphatic carbocycles. The van der Waals surface area contributed by atoms with Crippen molar-refractivity contribution in [2.24, 2.45) is 0 Å². The summed E-state index contributed by atoms with van der Waals surface area (Å²) in [6, 6.07) is 5.53. The Balaban J connectivity index is 2.25. The summed E-state index contributed by atoms with van der Waals surface area (Å²) in [5, 5.41) is 3.71. The van der Waals surface area contributed by atoms with Crippen molar-refractivity contribution in [3.8, 4) is 0 Å². The van der Waals surface area contributed by atoms with Gasteiger partial charge in [-0.05, 0) is 65.4 Å². The first-order chi connectivity index (χ1) is 9.06. The zero-order chi connectivity index (χ0) is 14.3. The monoisotopic (exact) mass is 282 g/mol. The van der Waals surface area contributed by atoms with E-state index in [4.69, 9.17) is 0 Å². The van der Waals surface area contributed by atoms with Crippen LogP contribution in [0.5, 0.6) is 0 Å². The average Bonchev–Trinajstić information content (AvgIpc) is 2.81. The van der Waals surface area contributed by atoms with Crippen LogP contribution in [0, 0.1) is 6.92 Å². The van der Waals surface area contributed by atoms with E-state index < -0.39 is 0 Å². The second kappa shape index (κ2) is 8.72. The highest BCUT2D eigenvalue weighted by Gasteiger charge is 2.11. The van der Waals surface area contributed by atoms with Crippen LogP contribution in [0.2, 0.25) is 0 Å². The van der Waals surface area contributed by atoms with Crippen LogP contribution in [0.1, 0.15) is 56.3 Å². The van der Waals surface area contributed by atoms with Gasteiger partial charge in [-0.15, -0.1) is 11.3 Å². The highest BCUT2D eigenvalue weighted by atomic mass is 32.1. The predicted molar refractivity (Wildman–Crippen MR) is 87.1 cm³/mol. The molecule has 110 valence electrons. The molecule has 1 heterocycles. The number of aryl methyl sites for hydroxylation is 1. The molecule has 0 radical (unpaired) electrons. The van der Waals surface area contributed by atoms with Gasteiger partial charge in [-0.3, -0.25) is 0 Å². The van der Waals surface area contributed by atoms with Crippen molar-refractivity contribution in [3.63, 3.8) is 0 Å². The summed E-state index contributed by atoms with van der Waals surface area (Å²) in [5.74, 6) is 0. The molecular formula is C16H30N2S. The third-order valence-corrected chi connectivity index (χ3v) is 4.91. The maximum atomic E-state index is 3.71. The molecule has 0 aliphatic rings. The topological polar surface area (TPSA) is 15.3 Å². The second-order valence-electron chi connectivity index (χ2n) is 5.41. The van der Waals surface area contributed by atoms with Gasteiger partial charge in [0, 0.05) is 21.8 Å². The summed E-state index contributed by atoms with van der Waals surface area (Å²) in [6.45, 7) is 14.8. The van der Waals surface area contributed by atoms with Gasteiger partial charge in [-0.1, -0.05) is 13.8 Å². The van der Waals surface area contributed by atoms with Gasteiger partial charge in [0.1, 0.15) is 0 Å². The maximum Gasteiger partial charge on any atom is 0.0388 e. The molecule has 0 amide bonds. The zero-order valence-electron chi connectivity index (χ0n) is 13.2. The van der Waals surface area contributed by atoms with Crippen molar-refractivity contribution in [2.75, 3.05) is 19.6 Å². The number of hydrogen-bond acceptors (Lipinski definition) is 3. The van der Waals surface area contributed by atoms with Crippen molar-refractivity contribution in [2.45, 2.75) is 59.5 Å². The minimum absolute atomic E-state index is 0.474. The van der Waals surface area contributed by atoms with Gasteiger partial charge in [-0.2, -0.15) is 0 Å². The Morgan fingerprint density at radius 3 is 2.42 bits per heavy atom. The summed E-state index contributed by atoms with van der Waals surface area (Å²) < 4.78 is 0. The Labute approximate surface area is 123 Å². The molecule has 0 saturated carbocycles. The Bertz CT molecular complexity index is 344. The van der Waals surface area contributed by atoms with Gasteiger partial charge in [0.15, 0.2) is 0 Å². The number of nitrogens with one attached hydrogen (secondary N) is 1. The van der Waals surface area contributed by atoms with E-state index in [-0.39, 0.29) is 0 Å². The lowest BCUT2D eigenvalue weighted by Gasteiger charge is -2.22. The highest BCUT2D eigenvalue weighted by Crippen LogP contribution is 2.22. The molecule has 0 aromatic carbocycles. The van der Waals surface area contributed by atoms with Crippen molar-refractivity contribution >= 4 is 11.3 Å². The SMILES string of the molecule is CCN(CC)CCCC(C)NC(C)c1ccc(C)s1. The van der Waals surface area contributed by atoms with Crippen LogP contribution in [0.25, 0.3) is 0 Å². The molecule has 0 saturated heterocycles. The van der Waals surface area contributed by atoms with E-state index in [0.29, 0.717) is 12.1 Å². The van der Waals surface area contributed by atoms with Crippen LogP contribution >= 0.6 is 11.3 Å². The van der Waals surface area contributed by atoms with Crippen LogP contribution in [0.4, 0.5) is 0 Å². The zero-order valence-corrected chi connectivity index (χ0v) is 14.0. The Morgan fingerprint density at radius 2 is 1.89 bits per heavy atom. The van der Waals surface area contributed by atoms with E-state index in [0.717, 1.165) is 0 Å². The molecule has 1 aromatic heterocycles. The molecule has 19 heavy (non-hydrogen) atoms. The van der Waals surface area contributed by atoms with Crippen molar-refractivity contribution in [1.29, 1.82) is 0 Å². The van der Waals surface area contributed by atoms with Gasteiger partial charge in [0.05, 0.1) is 0 Å². The Kier molecular flexibility index (Phi) is 7.66. The van der Waals surface area contributed by atoms with Crippen molar-refractivity contribution in [3.05, 3.63) is 21.9 Å². The normalized spacial score (nSPS) is 14.8. The molecule has 2 atom stereocenters. The van der Waals surface area contributed by atoms with Crippen LogP contribution in [-0.2, 0) is 0 Å². The average molecular weight is 282 g/mol. The molecule has 0 aliphatic heterocycles. The molecule has 2 nitrogen and oxygen atoms in total. The number of rotatable bonds is 9. The Hall–Kier alpha value is -0.380. The number of nitrogens with zero attached hydrogens (tertiary/aromatic N) is 1. The van der Waals surface area contributed by atoms with Crippen LogP contribution in [-0.4, -0.2) is 30.6 Å². The lowest BCUT2D eigenvalue weighted by atomic mass is 10.1. The van der Waals surface area contributed by atoms with E-state index in [1.807, 2.05) is 11.3 Å². The third kappa shape index (κ3) is 6.07. The van der Waals surface area contributed by atoms with E-state index in [1.54, 1.807) is 0 Å². The van der Waals surface area contributed by atoms with Crippen molar-refractivity contribution < 1.29 is 0 Å². The van der Waals surface area contributed by atoms with E-state index in [9.17, 15) is 0 Å². The van der Waals surface area contributed by atoms with Gasteiger partial charge >= 0.3 is 0 Å². The molecule has 0 bridgehead atoms. The fourth-order valence-corrected chi connectivity index (χ4v) is 3.33. The molecule has 0 spiro atoms. The first-order valence-electron chi connectivity index (χ1n) is 7.61. The predicted octanol–water partition coefficient (Wildman–Crippen LogP) is 4.22. The largest absolute Gasteiger partial charge is 0.307 e. The fraction of sp³-hybridized carbons (Fsp3) is 0.750. The molecule has 1 N–H and O–H groups in total. The molecule has 2 unspecified atom stereocenters. The smallest absolute Gasteiger partial charge is 0.0388 e. The lowest BCUT2D eigenvalue weighted by molar-refractivity contribution is 0.288. The quantitative estimate of drug-likeness (QED) is 0.729. The summed E-state index contributed by atoms with van der Waals surface area (Å²) in [7, 11) is 0. The molecular weight excluding hydrogens is 252 g/mol. The maximum absolute atomic E-state index is 3.71. The highest BCUT2D eigenvalue weighted by molar-refractivity contribution is 7.12. The van der Waals surface area contributed by atoms with Crippen LogP contribution < -0.4 is 5.32 Å². The van der Waals surface area contributed by atoms with E-state index >= 15 is 0 Å². The summed E-state index contributed by atoms with van der Waals surface area (Å²) in [5.41, 5.74) is 0. The Morgan fingerprint density at radius 1 is 1.21 bits per heavy atom. The van der Waals surface area contributed by atoms with Gasteiger partial charge in [-0.25, -0.2) is 0 Å². The molecule has 3 heteroatoms. The standard InChI is InChI=1S/C16H30N2S/c1-6-18(7-2)12-8-9-13(3)17-15(5)16-11-10-14(4)19-16/h10-11,13,15,17H,6-9,12H2,1-5H3. The first kappa shape index (κ1) is 16.7.